The van der Waals surface area contributed by atoms with Crippen LogP contribution in [0.25, 0.3) is 11.4 Å². The lowest BCUT2D eigenvalue weighted by molar-refractivity contribution is 0.0703. The van der Waals surface area contributed by atoms with E-state index in [0.717, 1.165) is 37.2 Å². The van der Waals surface area contributed by atoms with Crippen molar-refractivity contribution >= 4 is 23.2 Å². The SMILES string of the molecule is Cc1[nH]c(-c2cccc(Cl)c2)nc1C(=O)N(C)C1CCN(c2ccncc2)CC1. The van der Waals surface area contributed by atoms with Crippen LogP contribution < -0.4 is 4.90 Å². The molecule has 0 atom stereocenters. The number of nitrogens with one attached hydrogen (secondary N) is 1. The number of benzene rings is 1. The molecule has 0 saturated carbocycles. The van der Waals surface area contributed by atoms with E-state index in [1.807, 2.05) is 67.7 Å². The molecule has 3 aromatic rings. The first-order valence-electron chi connectivity index (χ1n) is 9.77. The number of aromatic nitrogens is 3. The van der Waals surface area contributed by atoms with E-state index in [0.29, 0.717) is 16.5 Å². The topological polar surface area (TPSA) is 65.1 Å². The third-order valence-electron chi connectivity index (χ3n) is 5.55. The van der Waals surface area contributed by atoms with Crippen LogP contribution in [0.2, 0.25) is 5.02 Å². The molecule has 2 aromatic heterocycles. The molecular formula is C22H24ClN5O. The summed E-state index contributed by atoms with van der Waals surface area (Å²) in [4.78, 5) is 29.2. The molecule has 29 heavy (non-hydrogen) atoms. The van der Waals surface area contributed by atoms with Crippen LogP contribution in [0.4, 0.5) is 5.69 Å². The van der Waals surface area contributed by atoms with Gasteiger partial charge in [0.15, 0.2) is 0 Å². The Morgan fingerprint density at radius 3 is 2.62 bits per heavy atom. The summed E-state index contributed by atoms with van der Waals surface area (Å²) in [6.45, 7) is 3.72. The van der Waals surface area contributed by atoms with E-state index in [1.54, 1.807) is 0 Å². The Labute approximate surface area is 175 Å². The van der Waals surface area contributed by atoms with Crippen molar-refractivity contribution in [1.29, 1.82) is 0 Å². The molecule has 7 heteroatoms. The van der Waals surface area contributed by atoms with Crippen molar-refractivity contribution in [3.63, 3.8) is 0 Å². The van der Waals surface area contributed by atoms with E-state index in [-0.39, 0.29) is 11.9 Å². The van der Waals surface area contributed by atoms with Gasteiger partial charge < -0.3 is 14.8 Å². The molecule has 1 amide bonds. The number of halogens is 1. The second-order valence-corrected chi connectivity index (χ2v) is 7.85. The Morgan fingerprint density at radius 1 is 1.21 bits per heavy atom. The molecule has 1 saturated heterocycles. The summed E-state index contributed by atoms with van der Waals surface area (Å²) >= 11 is 6.09. The number of hydrogen-bond acceptors (Lipinski definition) is 4. The van der Waals surface area contributed by atoms with Crippen LogP contribution in [0.5, 0.6) is 0 Å². The Balaban J connectivity index is 1.45. The van der Waals surface area contributed by atoms with Gasteiger partial charge in [-0.15, -0.1) is 0 Å². The normalized spacial score (nSPS) is 14.8. The molecule has 0 aliphatic carbocycles. The number of imidazole rings is 1. The van der Waals surface area contributed by atoms with Gasteiger partial charge in [-0.05, 0) is 44.0 Å². The summed E-state index contributed by atoms with van der Waals surface area (Å²) in [6, 6.07) is 11.7. The highest BCUT2D eigenvalue weighted by Crippen LogP contribution is 2.25. The van der Waals surface area contributed by atoms with Gasteiger partial charge in [-0.2, -0.15) is 0 Å². The fourth-order valence-electron chi connectivity index (χ4n) is 3.84. The second kappa shape index (κ2) is 8.25. The van der Waals surface area contributed by atoms with Gasteiger partial charge in [-0.25, -0.2) is 4.98 Å². The molecule has 1 aromatic carbocycles. The minimum atomic E-state index is -0.0469. The number of piperidine rings is 1. The molecule has 0 radical (unpaired) electrons. The quantitative estimate of drug-likeness (QED) is 0.702. The van der Waals surface area contributed by atoms with Gasteiger partial charge in [0.25, 0.3) is 5.91 Å². The van der Waals surface area contributed by atoms with Crippen molar-refractivity contribution in [2.24, 2.45) is 0 Å². The van der Waals surface area contributed by atoms with Crippen molar-refractivity contribution in [2.45, 2.75) is 25.8 Å². The number of aromatic amines is 1. The van der Waals surface area contributed by atoms with Crippen LogP contribution >= 0.6 is 11.6 Å². The van der Waals surface area contributed by atoms with Crippen LogP contribution in [0.1, 0.15) is 29.0 Å². The van der Waals surface area contributed by atoms with Crippen molar-refractivity contribution in [1.82, 2.24) is 19.9 Å². The van der Waals surface area contributed by atoms with E-state index in [1.165, 1.54) is 5.69 Å². The van der Waals surface area contributed by atoms with Gasteiger partial charge in [-0.1, -0.05) is 23.7 Å². The van der Waals surface area contributed by atoms with E-state index < -0.39 is 0 Å². The Kier molecular flexibility index (Phi) is 5.53. The van der Waals surface area contributed by atoms with Gasteiger partial charge in [-0.3, -0.25) is 9.78 Å². The monoisotopic (exact) mass is 409 g/mol. The lowest BCUT2D eigenvalue weighted by Crippen LogP contribution is -2.45. The highest BCUT2D eigenvalue weighted by molar-refractivity contribution is 6.30. The molecule has 1 aliphatic heterocycles. The molecule has 150 valence electrons. The summed E-state index contributed by atoms with van der Waals surface area (Å²) in [5.41, 5.74) is 3.29. The summed E-state index contributed by atoms with van der Waals surface area (Å²) in [7, 11) is 1.88. The first-order valence-corrected chi connectivity index (χ1v) is 10.2. The number of aryl methyl sites for hydroxylation is 1. The first kappa shape index (κ1) is 19.5. The van der Waals surface area contributed by atoms with Crippen LogP contribution in [0.3, 0.4) is 0 Å². The molecule has 3 heterocycles. The maximum absolute atomic E-state index is 13.1. The molecule has 4 rings (SSSR count). The van der Waals surface area contributed by atoms with Gasteiger partial charge >= 0.3 is 0 Å². The minimum Gasteiger partial charge on any atom is -0.371 e. The van der Waals surface area contributed by atoms with Crippen molar-refractivity contribution in [3.8, 4) is 11.4 Å². The van der Waals surface area contributed by atoms with E-state index in [2.05, 4.69) is 19.9 Å². The summed E-state index contributed by atoms with van der Waals surface area (Å²) in [5.74, 6) is 0.614. The zero-order valence-corrected chi connectivity index (χ0v) is 17.4. The zero-order chi connectivity index (χ0) is 20.4. The third-order valence-corrected chi connectivity index (χ3v) is 5.78. The van der Waals surface area contributed by atoms with Crippen molar-refractivity contribution in [3.05, 3.63) is 65.2 Å². The molecule has 1 fully saturated rings. The van der Waals surface area contributed by atoms with Gasteiger partial charge in [0, 0.05) is 60.5 Å². The number of amides is 1. The minimum absolute atomic E-state index is 0.0469. The molecular weight excluding hydrogens is 386 g/mol. The number of carbonyl (C=O) groups excluding carboxylic acids is 1. The Hall–Kier alpha value is -2.86. The summed E-state index contributed by atoms with van der Waals surface area (Å²) in [5, 5.41) is 0.641. The van der Waals surface area contributed by atoms with Crippen molar-refractivity contribution in [2.75, 3.05) is 25.0 Å². The highest BCUT2D eigenvalue weighted by Gasteiger charge is 2.28. The maximum atomic E-state index is 13.1. The standard InChI is InChI=1S/C22H24ClN5O/c1-15-20(26-21(25-15)16-4-3-5-17(23)14-16)22(29)27(2)18-8-12-28(13-9-18)19-6-10-24-11-7-19/h3-7,10-11,14,18H,8-9,12-13H2,1-2H3,(H,25,26). The number of hydrogen-bond donors (Lipinski definition) is 1. The molecule has 1 aliphatic rings. The number of carbonyl (C=O) groups is 1. The molecule has 0 unspecified atom stereocenters. The van der Waals surface area contributed by atoms with Crippen LogP contribution in [0, 0.1) is 6.92 Å². The van der Waals surface area contributed by atoms with Gasteiger partial charge in [0.05, 0.1) is 0 Å². The first-order chi connectivity index (χ1) is 14.0. The predicted octanol–water partition coefficient (Wildman–Crippen LogP) is 4.17. The fraction of sp³-hybridized carbons (Fsp3) is 0.318. The average molecular weight is 410 g/mol. The highest BCUT2D eigenvalue weighted by atomic mass is 35.5. The lowest BCUT2D eigenvalue weighted by atomic mass is 10.0. The van der Waals surface area contributed by atoms with Gasteiger partial charge in [0.1, 0.15) is 11.5 Å². The molecule has 1 N–H and O–H groups in total. The molecule has 6 nitrogen and oxygen atoms in total. The predicted molar refractivity (Wildman–Crippen MR) is 115 cm³/mol. The van der Waals surface area contributed by atoms with Crippen molar-refractivity contribution < 1.29 is 4.79 Å². The zero-order valence-electron chi connectivity index (χ0n) is 16.6. The Morgan fingerprint density at radius 2 is 1.93 bits per heavy atom. The summed E-state index contributed by atoms with van der Waals surface area (Å²) < 4.78 is 0. The number of rotatable bonds is 4. The van der Waals surface area contributed by atoms with Gasteiger partial charge in [0.2, 0.25) is 0 Å². The number of nitrogens with zero attached hydrogens (tertiary/aromatic N) is 4. The molecule has 0 bridgehead atoms. The van der Waals surface area contributed by atoms with Crippen LogP contribution in [0.15, 0.2) is 48.8 Å². The van der Waals surface area contributed by atoms with E-state index >= 15 is 0 Å². The smallest absolute Gasteiger partial charge is 0.274 e. The second-order valence-electron chi connectivity index (χ2n) is 7.41. The third kappa shape index (κ3) is 4.12. The number of anilines is 1. The number of pyridine rings is 1. The average Bonchev–Trinajstić information content (AvgIpc) is 3.15. The molecule has 0 spiro atoms. The Bertz CT molecular complexity index is 995. The maximum Gasteiger partial charge on any atom is 0.274 e. The number of H-pyrrole nitrogens is 1. The van der Waals surface area contributed by atoms with Crippen LogP contribution in [-0.2, 0) is 0 Å². The van der Waals surface area contributed by atoms with E-state index in [4.69, 9.17) is 11.6 Å². The fourth-order valence-corrected chi connectivity index (χ4v) is 4.03. The largest absolute Gasteiger partial charge is 0.371 e. The van der Waals surface area contributed by atoms with E-state index in [9.17, 15) is 4.79 Å². The summed E-state index contributed by atoms with van der Waals surface area (Å²) in [6.07, 6.45) is 5.48. The lowest BCUT2D eigenvalue weighted by Gasteiger charge is -2.37. The van der Waals surface area contributed by atoms with Crippen LogP contribution in [-0.4, -0.2) is 51.9 Å².